The van der Waals surface area contributed by atoms with Gasteiger partial charge >= 0.3 is 0 Å². The lowest BCUT2D eigenvalue weighted by Gasteiger charge is -2.19. The molecule has 0 aliphatic heterocycles. The van der Waals surface area contributed by atoms with Gasteiger partial charge in [0.05, 0.1) is 12.8 Å². The van der Waals surface area contributed by atoms with E-state index >= 15 is 0 Å². The summed E-state index contributed by atoms with van der Waals surface area (Å²) in [6.45, 7) is 5.40. The van der Waals surface area contributed by atoms with Crippen LogP contribution in [0.1, 0.15) is 31.1 Å². The molecule has 0 fully saturated rings. The van der Waals surface area contributed by atoms with Crippen LogP contribution in [0.3, 0.4) is 0 Å². The Morgan fingerprint density at radius 1 is 1.28 bits per heavy atom. The summed E-state index contributed by atoms with van der Waals surface area (Å²) in [5.74, 6) is -0.232. The highest BCUT2D eigenvalue weighted by Crippen LogP contribution is 2.27. The van der Waals surface area contributed by atoms with E-state index in [0.717, 1.165) is 0 Å². The predicted molar refractivity (Wildman–Crippen MR) is 69.6 cm³/mol. The molecule has 0 bridgehead atoms. The van der Waals surface area contributed by atoms with Crippen molar-refractivity contribution < 1.29 is 14.3 Å². The lowest BCUT2D eigenvalue weighted by Crippen LogP contribution is -2.28. The van der Waals surface area contributed by atoms with Crippen LogP contribution in [-0.4, -0.2) is 18.9 Å². The highest BCUT2D eigenvalue weighted by Gasteiger charge is 2.22. The molecule has 1 aromatic carbocycles. The molecule has 18 heavy (non-hydrogen) atoms. The van der Waals surface area contributed by atoms with Gasteiger partial charge in [-0.2, -0.15) is 0 Å². The molecule has 0 aliphatic carbocycles. The Balaban J connectivity index is 3.09. The van der Waals surface area contributed by atoms with Crippen LogP contribution in [0.5, 0.6) is 5.75 Å². The molecule has 1 aromatic rings. The molecule has 0 atom stereocenters. The zero-order chi connectivity index (χ0) is 13.9. The lowest BCUT2D eigenvalue weighted by molar-refractivity contribution is -0.123. The number of primary amides is 1. The smallest absolute Gasteiger partial charge is 0.248 e. The maximum Gasteiger partial charge on any atom is 0.248 e. The van der Waals surface area contributed by atoms with Crippen LogP contribution in [0.4, 0.5) is 5.69 Å². The number of ether oxygens (including phenoxy) is 1. The Bertz CT molecular complexity index is 476. The fourth-order valence-corrected chi connectivity index (χ4v) is 1.27. The van der Waals surface area contributed by atoms with E-state index in [1.54, 1.807) is 32.9 Å². The van der Waals surface area contributed by atoms with Gasteiger partial charge in [-0.1, -0.05) is 20.8 Å². The summed E-state index contributed by atoms with van der Waals surface area (Å²) in [6.07, 6.45) is 0. The fraction of sp³-hybridized carbons (Fsp3) is 0.385. The fourth-order valence-electron chi connectivity index (χ4n) is 1.27. The quantitative estimate of drug-likeness (QED) is 0.857. The van der Waals surface area contributed by atoms with Gasteiger partial charge < -0.3 is 15.8 Å². The second-order valence-corrected chi connectivity index (χ2v) is 4.98. The summed E-state index contributed by atoms with van der Waals surface area (Å²) >= 11 is 0. The number of methoxy groups -OCH3 is 1. The third kappa shape index (κ3) is 3.23. The molecule has 0 saturated carbocycles. The number of anilines is 1. The first-order valence-corrected chi connectivity index (χ1v) is 5.55. The second-order valence-electron chi connectivity index (χ2n) is 4.98. The Kier molecular flexibility index (Phi) is 3.96. The van der Waals surface area contributed by atoms with E-state index in [1.165, 1.54) is 13.2 Å². The number of nitrogens with two attached hydrogens (primary N) is 1. The van der Waals surface area contributed by atoms with Gasteiger partial charge in [0.2, 0.25) is 11.8 Å². The van der Waals surface area contributed by atoms with Gasteiger partial charge in [-0.25, -0.2) is 0 Å². The van der Waals surface area contributed by atoms with Gasteiger partial charge in [-0.3, -0.25) is 9.59 Å². The van der Waals surface area contributed by atoms with Crippen molar-refractivity contribution in [1.29, 1.82) is 0 Å². The molecule has 0 radical (unpaired) electrons. The van der Waals surface area contributed by atoms with Crippen LogP contribution in [0.25, 0.3) is 0 Å². The van der Waals surface area contributed by atoms with Crippen molar-refractivity contribution in [2.45, 2.75) is 20.8 Å². The van der Waals surface area contributed by atoms with Gasteiger partial charge in [0.1, 0.15) is 5.75 Å². The van der Waals surface area contributed by atoms with Gasteiger partial charge in [-0.15, -0.1) is 0 Å². The van der Waals surface area contributed by atoms with E-state index in [2.05, 4.69) is 5.32 Å². The standard InChI is InChI=1S/C13H18N2O3/c1-13(2,3)12(17)15-9-7-8(11(14)16)5-6-10(9)18-4/h5-7H,1-4H3,(H2,14,16)(H,15,17). The highest BCUT2D eigenvalue weighted by atomic mass is 16.5. The minimum Gasteiger partial charge on any atom is -0.495 e. The van der Waals surface area contributed by atoms with Crippen molar-refractivity contribution in [3.8, 4) is 5.75 Å². The van der Waals surface area contributed by atoms with Crippen LogP contribution in [0.2, 0.25) is 0 Å². The first-order chi connectivity index (χ1) is 8.25. The minimum absolute atomic E-state index is 0.164. The molecule has 5 heteroatoms. The Morgan fingerprint density at radius 2 is 1.89 bits per heavy atom. The van der Waals surface area contributed by atoms with Crippen LogP contribution in [-0.2, 0) is 4.79 Å². The van der Waals surface area contributed by atoms with Gasteiger partial charge in [0.25, 0.3) is 0 Å². The van der Waals surface area contributed by atoms with E-state index in [9.17, 15) is 9.59 Å². The summed E-state index contributed by atoms with van der Waals surface area (Å²) in [4.78, 5) is 23.0. The van der Waals surface area contributed by atoms with E-state index < -0.39 is 11.3 Å². The number of amides is 2. The van der Waals surface area contributed by atoms with Crippen LogP contribution in [0.15, 0.2) is 18.2 Å². The molecule has 5 nitrogen and oxygen atoms in total. The SMILES string of the molecule is COc1ccc(C(N)=O)cc1NC(=O)C(C)(C)C. The zero-order valence-corrected chi connectivity index (χ0v) is 11.0. The molecule has 0 saturated heterocycles. The van der Waals surface area contributed by atoms with Crippen molar-refractivity contribution >= 4 is 17.5 Å². The van der Waals surface area contributed by atoms with Crippen LogP contribution < -0.4 is 15.8 Å². The number of hydrogen-bond donors (Lipinski definition) is 2. The van der Waals surface area contributed by atoms with Crippen molar-refractivity contribution in [2.75, 3.05) is 12.4 Å². The summed E-state index contributed by atoms with van der Waals surface area (Å²) in [5, 5.41) is 2.72. The Morgan fingerprint density at radius 3 is 2.33 bits per heavy atom. The summed E-state index contributed by atoms with van der Waals surface area (Å²) in [6, 6.07) is 4.65. The van der Waals surface area contributed by atoms with E-state index in [-0.39, 0.29) is 5.91 Å². The first-order valence-electron chi connectivity index (χ1n) is 5.55. The average molecular weight is 250 g/mol. The van der Waals surface area contributed by atoms with Crippen LogP contribution in [0, 0.1) is 5.41 Å². The Labute approximate surface area is 106 Å². The molecular formula is C13H18N2O3. The topological polar surface area (TPSA) is 81.4 Å². The number of hydrogen-bond acceptors (Lipinski definition) is 3. The maximum atomic E-state index is 11.9. The largest absolute Gasteiger partial charge is 0.495 e. The molecule has 0 heterocycles. The number of rotatable bonds is 3. The average Bonchev–Trinajstić information content (AvgIpc) is 2.27. The van der Waals surface area contributed by atoms with E-state index in [1.807, 2.05) is 0 Å². The number of carbonyl (C=O) groups excluding carboxylic acids is 2. The molecule has 3 N–H and O–H groups in total. The first kappa shape index (κ1) is 14.0. The lowest BCUT2D eigenvalue weighted by atomic mass is 9.95. The molecule has 0 unspecified atom stereocenters. The molecule has 1 rings (SSSR count). The third-order valence-corrected chi connectivity index (χ3v) is 2.41. The molecule has 0 aliphatic rings. The number of benzene rings is 1. The van der Waals surface area contributed by atoms with Gasteiger partial charge in [0.15, 0.2) is 0 Å². The number of nitrogens with one attached hydrogen (secondary N) is 1. The normalized spacial score (nSPS) is 10.9. The second kappa shape index (κ2) is 5.08. The van der Waals surface area contributed by atoms with Crippen LogP contribution >= 0.6 is 0 Å². The minimum atomic E-state index is -0.552. The monoisotopic (exact) mass is 250 g/mol. The third-order valence-electron chi connectivity index (χ3n) is 2.41. The van der Waals surface area contributed by atoms with Gasteiger partial charge in [-0.05, 0) is 18.2 Å². The van der Waals surface area contributed by atoms with E-state index in [0.29, 0.717) is 17.0 Å². The van der Waals surface area contributed by atoms with Crippen molar-refractivity contribution in [3.63, 3.8) is 0 Å². The highest BCUT2D eigenvalue weighted by molar-refractivity contribution is 5.99. The summed E-state index contributed by atoms with van der Waals surface area (Å²) in [7, 11) is 1.49. The van der Waals surface area contributed by atoms with Crippen molar-refractivity contribution in [3.05, 3.63) is 23.8 Å². The van der Waals surface area contributed by atoms with Crippen molar-refractivity contribution in [2.24, 2.45) is 11.1 Å². The molecule has 98 valence electrons. The Hall–Kier alpha value is -2.04. The van der Waals surface area contributed by atoms with Gasteiger partial charge in [0, 0.05) is 11.0 Å². The maximum absolute atomic E-state index is 11.9. The predicted octanol–water partition coefficient (Wildman–Crippen LogP) is 1.78. The molecular weight excluding hydrogens is 232 g/mol. The molecule has 0 spiro atoms. The summed E-state index contributed by atoms with van der Waals surface area (Å²) < 4.78 is 5.13. The number of carbonyl (C=O) groups is 2. The molecule has 2 amide bonds. The summed E-state index contributed by atoms with van der Waals surface area (Å²) in [5.41, 5.74) is 5.42. The van der Waals surface area contributed by atoms with Crippen molar-refractivity contribution in [1.82, 2.24) is 0 Å². The van der Waals surface area contributed by atoms with E-state index in [4.69, 9.17) is 10.5 Å². The zero-order valence-electron chi connectivity index (χ0n) is 11.0. The molecule has 0 aromatic heterocycles.